The van der Waals surface area contributed by atoms with E-state index in [0.29, 0.717) is 50.1 Å². The van der Waals surface area contributed by atoms with Gasteiger partial charge < -0.3 is 4.90 Å². The number of sulfonamides is 1. The number of piperidine rings is 2. The molecule has 2 aromatic rings. The van der Waals surface area contributed by atoms with Crippen molar-refractivity contribution in [2.24, 2.45) is 5.92 Å². The second-order valence-corrected chi connectivity index (χ2v) is 10.8. The Morgan fingerprint density at radius 3 is 2.58 bits per heavy atom. The third-order valence-corrected chi connectivity index (χ3v) is 8.04. The number of nitrogens with one attached hydrogen (secondary N) is 1. The van der Waals surface area contributed by atoms with E-state index in [-0.39, 0.29) is 23.3 Å². The van der Waals surface area contributed by atoms with Gasteiger partial charge in [0.15, 0.2) is 5.65 Å². The predicted molar refractivity (Wildman–Crippen MR) is 118 cm³/mol. The van der Waals surface area contributed by atoms with Gasteiger partial charge in [-0.05, 0) is 39.0 Å². The van der Waals surface area contributed by atoms with Crippen LogP contribution in [0.4, 0.5) is 0 Å². The molecule has 0 spiro atoms. The molecule has 2 aliphatic rings. The molecular weight excluding hydrogens is 418 g/mol. The van der Waals surface area contributed by atoms with Gasteiger partial charge in [-0.3, -0.25) is 14.7 Å². The normalized spacial score (nSPS) is 21.6. The summed E-state index contributed by atoms with van der Waals surface area (Å²) in [4.78, 5) is 32.3. The van der Waals surface area contributed by atoms with Gasteiger partial charge in [0.2, 0.25) is 15.9 Å². The first-order chi connectivity index (χ1) is 14.7. The van der Waals surface area contributed by atoms with E-state index < -0.39 is 10.0 Å². The maximum Gasteiger partial charge on any atom is 0.276 e. The molecule has 1 N–H and O–H groups in total. The van der Waals surface area contributed by atoms with E-state index in [0.717, 1.165) is 30.8 Å². The molecule has 1 amide bonds. The molecule has 0 aliphatic carbocycles. The summed E-state index contributed by atoms with van der Waals surface area (Å²) in [6.07, 6.45) is 4.83. The Morgan fingerprint density at radius 2 is 1.94 bits per heavy atom. The lowest BCUT2D eigenvalue weighted by Gasteiger charge is -2.37. The zero-order valence-electron chi connectivity index (χ0n) is 18.4. The molecule has 2 fully saturated rings. The number of aromatic amines is 1. The summed E-state index contributed by atoms with van der Waals surface area (Å²) in [6.45, 7) is 5.95. The lowest BCUT2D eigenvalue weighted by atomic mass is 9.91. The Labute approximate surface area is 182 Å². The zero-order valence-corrected chi connectivity index (χ0v) is 19.2. The summed E-state index contributed by atoms with van der Waals surface area (Å²) in [5, 5.41) is 3.23. The summed E-state index contributed by atoms with van der Waals surface area (Å²) in [5.74, 6) is 0.118. The highest BCUT2D eigenvalue weighted by atomic mass is 32.2. The first kappa shape index (κ1) is 22.0. The third kappa shape index (κ3) is 4.27. The molecular formula is C21H31N5O4S. The maximum atomic E-state index is 13.1. The number of likely N-dealkylation sites (tertiary alicyclic amines) is 1. The fourth-order valence-corrected chi connectivity index (χ4v) is 5.80. The van der Waals surface area contributed by atoms with Crippen molar-refractivity contribution in [1.82, 2.24) is 23.8 Å². The Kier molecular flexibility index (Phi) is 5.95. The number of H-pyrrole nitrogens is 1. The van der Waals surface area contributed by atoms with Crippen LogP contribution in [0.2, 0.25) is 0 Å². The minimum absolute atomic E-state index is 0.0578. The van der Waals surface area contributed by atoms with Crippen LogP contribution in [0.15, 0.2) is 10.9 Å². The van der Waals surface area contributed by atoms with E-state index >= 15 is 0 Å². The molecule has 1 atom stereocenters. The van der Waals surface area contributed by atoms with Crippen LogP contribution in [0.25, 0.3) is 5.65 Å². The molecule has 10 heteroatoms. The molecule has 9 nitrogen and oxygen atoms in total. The first-order valence-electron chi connectivity index (χ1n) is 11.0. The van der Waals surface area contributed by atoms with Crippen molar-refractivity contribution in [3.8, 4) is 0 Å². The number of aromatic nitrogens is 3. The monoisotopic (exact) mass is 449 g/mol. The van der Waals surface area contributed by atoms with Crippen molar-refractivity contribution < 1.29 is 13.2 Å². The van der Waals surface area contributed by atoms with Gasteiger partial charge in [-0.1, -0.05) is 6.92 Å². The molecule has 1 unspecified atom stereocenters. The molecule has 4 heterocycles. The van der Waals surface area contributed by atoms with Crippen LogP contribution in [0.3, 0.4) is 0 Å². The number of carbonyl (C=O) groups excluding carboxylic acids is 1. The van der Waals surface area contributed by atoms with Gasteiger partial charge in [0.25, 0.3) is 5.56 Å². The topological polar surface area (TPSA) is 108 Å². The molecule has 170 valence electrons. The number of aryl methyl sites for hydroxylation is 1. The number of carbonyl (C=O) groups is 1. The molecule has 0 radical (unpaired) electrons. The van der Waals surface area contributed by atoms with Gasteiger partial charge in [-0.15, -0.1) is 0 Å². The van der Waals surface area contributed by atoms with Crippen LogP contribution in [-0.4, -0.2) is 70.6 Å². The lowest BCUT2D eigenvalue weighted by Crippen LogP contribution is -2.46. The molecule has 31 heavy (non-hydrogen) atoms. The van der Waals surface area contributed by atoms with Crippen LogP contribution < -0.4 is 5.56 Å². The van der Waals surface area contributed by atoms with E-state index in [1.807, 2.05) is 24.8 Å². The fourth-order valence-electron chi connectivity index (χ4n) is 4.93. The van der Waals surface area contributed by atoms with Crippen LogP contribution in [0, 0.1) is 12.8 Å². The summed E-state index contributed by atoms with van der Waals surface area (Å²) in [6, 6.07) is 1.93. The molecule has 0 bridgehead atoms. The van der Waals surface area contributed by atoms with E-state index in [1.54, 1.807) is 0 Å². The predicted octanol–water partition coefficient (Wildman–Crippen LogP) is 1.27. The second kappa shape index (κ2) is 8.38. The maximum absolute atomic E-state index is 13.1. The average molecular weight is 450 g/mol. The molecule has 0 saturated carbocycles. The third-order valence-electron chi connectivity index (χ3n) is 6.73. The average Bonchev–Trinajstić information content (AvgIpc) is 3.17. The Morgan fingerprint density at radius 1 is 1.23 bits per heavy atom. The summed E-state index contributed by atoms with van der Waals surface area (Å²) >= 11 is 0. The number of hydrogen-bond acceptors (Lipinski definition) is 5. The van der Waals surface area contributed by atoms with Gasteiger partial charge in [-0.25, -0.2) is 22.2 Å². The minimum Gasteiger partial charge on any atom is -0.342 e. The number of fused-ring (bicyclic) bond motifs is 1. The second-order valence-electron chi connectivity index (χ2n) is 8.80. The SMILES string of the molecule is CCc1c(C)nc2cc(C3CCCN(C(=O)C4CCN(S(C)(=O)=O)CC4)C3)[nH]n2c1=O. The largest absolute Gasteiger partial charge is 0.342 e. The highest BCUT2D eigenvalue weighted by molar-refractivity contribution is 7.88. The number of nitrogens with zero attached hydrogens (tertiary/aromatic N) is 4. The molecule has 0 aromatic carbocycles. The van der Waals surface area contributed by atoms with Crippen LogP contribution in [0.1, 0.15) is 55.5 Å². The molecule has 2 aliphatic heterocycles. The zero-order chi connectivity index (χ0) is 22.3. The van der Waals surface area contributed by atoms with E-state index in [1.165, 1.54) is 15.1 Å². The van der Waals surface area contributed by atoms with Gasteiger partial charge in [0.1, 0.15) is 0 Å². The van der Waals surface area contributed by atoms with Crippen molar-refractivity contribution in [3.05, 3.63) is 33.4 Å². The van der Waals surface area contributed by atoms with E-state index in [9.17, 15) is 18.0 Å². The number of hydrogen-bond donors (Lipinski definition) is 1. The van der Waals surface area contributed by atoms with Crippen LogP contribution in [-0.2, 0) is 21.2 Å². The Bertz CT molecular complexity index is 1140. The quantitative estimate of drug-likeness (QED) is 0.756. The standard InChI is InChI=1S/C21H31N5O4S/c1-4-17-14(2)22-19-12-18(23-26(19)21(17)28)16-6-5-9-24(13-16)20(27)15-7-10-25(11-8-15)31(3,29)30/h12,15-16,23H,4-11,13H2,1-3H3. The Hall–Kier alpha value is -2.20. The van der Waals surface area contributed by atoms with Crippen molar-refractivity contribution in [3.63, 3.8) is 0 Å². The van der Waals surface area contributed by atoms with E-state index in [2.05, 4.69) is 10.1 Å². The summed E-state index contributed by atoms with van der Waals surface area (Å²) < 4.78 is 26.4. The van der Waals surface area contributed by atoms with Gasteiger partial charge in [0, 0.05) is 61.0 Å². The van der Waals surface area contributed by atoms with Crippen molar-refractivity contribution in [2.75, 3.05) is 32.4 Å². The fraction of sp³-hybridized carbons (Fsp3) is 0.667. The minimum atomic E-state index is -3.20. The summed E-state index contributed by atoms with van der Waals surface area (Å²) in [7, 11) is -3.20. The first-order valence-corrected chi connectivity index (χ1v) is 12.9. The number of rotatable bonds is 4. The van der Waals surface area contributed by atoms with E-state index in [4.69, 9.17) is 0 Å². The van der Waals surface area contributed by atoms with Crippen molar-refractivity contribution in [1.29, 1.82) is 0 Å². The van der Waals surface area contributed by atoms with Crippen LogP contribution >= 0.6 is 0 Å². The molecule has 2 aromatic heterocycles. The van der Waals surface area contributed by atoms with Crippen molar-refractivity contribution in [2.45, 2.75) is 51.9 Å². The van der Waals surface area contributed by atoms with Crippen LogP contribution in [0.5, 0.6) is 0 Å². The number of amides is 1. The Balaban J connectivity index is 1.48. The highest BCUT2D eigenvalue weighted by Crippen LogP contribution is 2.29. The smallest absolute Gasteiger partial charge is 0.276 e. The molecule has 4 rings (SSSR count). The lowest BCUT2D eigenvalue weighted by molar-refractivity contribution is -0.138. The van der Waals surface area contributed by atoms with Crippen molar-refractivity contribution >= 4 is 21.6 Å². The molecule has 2 saturated heterocycles. The highest BCUT2D eigenvalue weighted by Gasteiger charge is 2.34. The summed E-state index contributed by atoms with van der Waals surface area (Å²) in [5.41, 5.74) is 2.97. The van der Waals surface area contributed by atoms with Gasteiger partial charge >= 0.3 is 0 Å². The van der Waals surface area contributed by atoms with Gasteiger partial charge in [0.05, 0.1) is 6.26 Å². The van der Waals surface area contributed by atoms with Gasteiger partial charge in [-0.2, -0.15) is 0 Å².